The molecular weight excluding hydrogens is 456 g/mol. The number of furan rings is 1. The third-order valence-electron chi connectivity index (χ3n) is 5.04. The summed E-state index contributed by atoms with van der Waals surface area (Å²) in [6, 6.07) is 9.70. The summed E-state index contributed by atoms with van der Waals surface area (Å²) >= 11 is 0. The number of para-hydroxylation sites is 1. The van der Waals surface area contributed by atoms with Crippen molar-refractivity contribution in [2.45, 2.75) is 52.0 Å². The van der Waals surface area contributed by atoms with Crippen LogP contribution in [0.4, 0.5) is 5.69 Å². The first kappa shape index (κ1) is 23.7. The lowest BCUT2D eigenvalue weighted by molar-refractivity contribution is 0.102. The molecule has 0 radical (unpaired) electrons. The Hall–Kier alpha value is -3.50. The Morgan fingerprint density at radius 1 is 1.06 bits per heavy atom. The lowest BCUT2D eigenvalue weighted by atomic mass is 10.1. The zero-order valence-electron chi connectivity index (χ0n) is 19.8. The summed E-state index contributed by atoms with van der Waals surface area (Å²) in [5.74, 6) is 0.840. The van der Waals surface area contributed by atoms with Gasteiger partial charge in [0.2, 0.25) is 10.0 Å². The Morgan fingerprint density at radius 2 is 1.76 bits per heavy atom. The van der Waals surface area contributed by atoms with Crippen LogP contribution in [0.15, 0.2) is 50.2 Å². The number of aromatic nitrogens is 2. The second-order valence-electron chi connectivity index (χ2n) is 9.14. The van der Waals surface area contributed by atoms with Gasteiger partial charge in [-0.1, -0.05) is 17.3 Å². The van der Waals surface area contributed by atoms with Crippen molar-refractivity contribution in [2.24, 2.45) is 0 Å². The van der Waals surface area contributed by atoms with Gasteiger partial charge in [-0.3, -0.25) is 4.79 Å². The minimum atomic E-state index is -3.89. The molecule has 1 amide bonds. The van der Waals surface area contributed by atoms with Crippen LogP contribution in [-0.4, -0.2) is 30.0 Å². The molecule has 9 nitrogen and oxygen atoms in total. The fourth-order valence-electron chi connectivity index (χ4n) is 3.75. The van der Waals surface area contributed by atoms with Crippen LogP contribution < -0.4 is 10.0 Å². The van der Waals surface area contributed by atoms with E-state index in [4.69, 9.17) is 8.94 Å². The van der Waals surface area contributed by atoms with Gasteiger partial charge < -0.3 is 14.3 Å². The molecule has 0 fully saturated rings. The van der Waals surface area contributed by atoms with E-state index in [0.29, 0.717) is 28.3 Å². The van der Waals surface area contributed by atoms with Crippen molar-refractivity contribution in [3.8, 4) is 11.3 Å². The number of benzene rings is 1. The van der Waals surface area contributed by atoms with Gasteiger partial charge in [-0.2, -0.15) is 0 Å². The van der Waals surface area contributed by atoms with Crippen molar-refractivity contribution in [1.29, 1.82) is 0 Å². The van der Waals surface area contributed by atoms with Gasteiger partial charge in [0.05, 0.1) is 28.0 Å². The fourth-order valence-corrected chi connectivity index (χ4v) is 5.33. The van der Waals surface area contributed by atoms with Crippen LogP contribution in [0.3, 0.4) is 0 Å². The van der Waals surface area contributed by atoms with E-state index in [0.717, 1.165) is 5.56 Å². The molecule has 0 spiro atoms. The number of fused-ring (bicyclic) bond motifs is 1. The maximum Gasteiger partial charge on any atom is 0.259 e. The normalized spacial score (nSPS) is 12.3. The predicted octanol–water partition coefficient (Wildman–Crippen LogP) is 4.74. The van der Waals surface area contributed by atoms with Gasteiger partial charge in [0.25, 0.3) is 11.6 Å². The van der Waals surface area contributed by atoms with E-state index in [9.17, 15) is 13.2 Å². The molecule has 10 heteroatoms. The third kappa shape index (κ3) is 4.59. The van der Waals surface area contributed by atoms with E-state index in [1.165, 1.54) is 6.07 Å². The minimum Gasteiger partial charge on any atom is -0.466 e. The van der Waals surface area contributed by atoms with Crippen molar-refractivity contribution in [3.63, 3.8) is 0 Å². The summed E-state index contributed by atoms with van der Waals surface area (Å²) < 4.78 is 39.5. The van der Waals surface area contributed by atoms with E-state index in [1.54, 1.807) is 52.0 Å². The first-order chi connectivity index (χ1) is 15.9. The summed E-state index contributed by atoms with van der Waals surface area (Å²) in [7, 11) is -3.89. The number of nitrogens with one attached hydrogen (secondary N) is 2. The van der Waals surface area contributed by atoms with Crippen molar-refractivity contribution >= 4 is 32.7 Å². The van der Waals surface area contributed by atoms with Crippen LogP contribution in [0.25, 0.3) is 22.4 Å². The first-order valence-electron chi connectivity index (χ1n) is 10.6. The molecule has 178 valence electrons. The Bertz CT molecular complexity index is 1510. The van der Waals surface area contributed by atoms with Gasteiger partial charge in [0, 0.05) is 11.1 Å². The molecule has 0 saturated carbocycles. The quantitative estimate of drug-likeness (QED) is 0.421. The van der Waals surface area contributed by atoms with Crippen molar-refractivity contribution in [1.82, 2.24) is 14.9 Å². The zero-order valence-corrected chi connectivity index (χ0v) is 20.6. The van der Waals surface area contributed by atoms with Crippen LogP contribution >= 0.6 is 0 Å². The molecule has 0 unspecified atom stereocenters. The molecule has 4 aromatic rings. The standard InChI is InChI=1S/C24H26N4O5S/c1-13-11-16(15(3)32-13)19-12-17(21-14(2)27-33-23(21)26-19)22(29)25-18-9-7-8-10-20(18)34(30,31)28-24(4,5)6/h7-12,28H,1-6H3,(H,25,29). The van der Waals surface area contributed by atoms with Crippen molar-refractivity contribution in [3.05, 3.63) is 59.2 Å². The summed E-state index contributed by atoms with van der Waals surface area (Å²) in [4.78, 5) is 17.9. The highest BCUT2D eigenvalue weighted by Gasteiger charge is 2.26. The van der Waals surface area contributed by atoms with Gasteiger partial charge in [0.15, 0.2) is 0 Å². The molecule has 0 bridgehead atoms. The molecule has 1 aromatic carbocycles. The number of sulfonamides is 1. The topological polar surface area (TPSA) is 127 Å². The molecule has 0 aliphatic carbocycles. The highest BCUT2D eigenvalue weighted by atomic mass is 32.2. The molecule has 0 saturated heterocycles. The molecule has 0 aliphatic rings. The number of aryl methyl sites for hydroxylation is 3. The van der Waals surface area contributed by atoms with E-state index in [-0.39, 0.29) is 21.9 Å². The molecule has 34 heavy (non-hydrogen) atoms. The average molecular weight is 483 g/mol. The molecule has 0 aliphatic heterocycles. The molecule has 4 rings (SSSR count). The lowest BCUT2D eigenvalue weighted by Gasteiger charge is -2.21. The van der Waals surface area contributed by atoms with Gasteiger partial charge in [-0.05, 0) is 65.8 Å². The predicted molar refractivity (Wildman–Crippen MR) is 128 cm³/mol. The maximum atomic E-state index is 13.5. The van der Waals surface area contributed by atoms with Gasteiger partial charge >= 0.3 is 0 Å². The second-order valence-corrected chi connectivity index (χ2v) is 10.8. The number of pyridine rings is 1. The number of rotatable bonds is 5. The van der Waals surface area contributed by atoms with Crippen LogP contribution in [-0.2, 0) is 10.0 Å². The minimum absolute atomic E-state index is 0.0351. The van der Waals surface area contributed by atoms with Crippen LogP contribution in [0.1, 0.15) is 48.3 Å². The Morgan fingerprint density at radius 3 is 2.41 bits per heavy atom. The monoisotopic (exact) mass is 482 g/mol. The van der Waals surface area contributed by atoms with E-state index in [2.05, 4.69) is 20.2 Å². The number of nitrogens with zero attached hydrogens (tertiary/aromatic N) is 2. The Kier molecular flexibility index (Phi) is 5.82. The Balaban J connectivity index is 1.80. The molecule has 3 aromatic heterocycles. The fraction of sp³-hybridized carbons (Fsp3) is 0.292. The molecule has 0 atom stereocenters. The van der Waals surface area contributed by atoms with Crippen molar-refractivity contribution < 1.29 is 22.2 Å². The van der Waals surface area contributed by atoms with Crippen LogP contribution in [0.2, 0.25) is 0 Å². The number of carbonyl (C=O) groups is 1. The summed E-state index contributed by atoms with van der Waals surface area (Å²) in [5, 5.41) is 7.16. The summed E-state index contributed by atoms with van der Waals surface area (Å²) in [5.41, 5.74) is 1.62. The van der Waals surface area contributed by atoms with Crippen LogP contribution in [0.5, 0.6) is 0 Å². The number of anilines is 1. The number of hydrogen-bond acceptors (Lipinski definition) is 7. The number of hydrogen-bond donors (Lipinski definition) is 2. The lowest BCUT2D eigenvalue weighted by Crippen LogP contribution is -2.40. The van der Waals surface area contributed by atoms with Gasteiger partial charge in [-0.25, -0.2) is 18.1 Å². The number of carbonyl (C=O) groups excluding carboxylic acids is 1. The average Bonchev–Trinajstić information content (AvgIpc) is 3.27. The van der Waals surface area contributed by atoms with Gasteiger partial charge in [-0.15, -0.1) is 0 Å². The van der Waals surface area contributed by atoms with Gasteiger partial charge in [0.1, 0.15) is 16.4 Å². The van der Waals surface area contributed by atoms with E-state index in [1.807, 2.05) is 19.9 Å². The smallest absolute Gasteiger partial charge is 0.259 e. The van der Waals surface area contributed by atoms with Crippen LogP contribution in [0, 0.1) is 20.8 Å². The van der Waals surface area contributed by atoms with Crippen molar-refractivity contribution in [2.75, 3.05) is 5.32 Å². The zero-order chi connectivity index (χ0) is 24.8. The second kappa shape index (κ2) is 8.37. The molecule has 2 N–H and O–H groups in total. The third-order valence-corrected chi connectivity index (χ3v) is 6.86. The van der Waals surface area contributed by atoms with E-state index < -0.39 is 21.5 Å². The first-order valence-corrected chi connectivity index (χ1v) is 12.1. The largest absolute Gasteiger partial charge is 0.466 e. The molecule has 3 heterocycles. The Labute approximate surface area is 197 Å². The number of amides is 1. The highest BCUT2D eigenvalue weighted by molar-refractivity contribution is 7.89. The summed E-state index contributed by atoms with van der Waals surface area (Å²) in [6.45, 7) is 10.6. The highest BCUT2D eigenvalue weighted by Crippen LogP contribution is 2.31. The maximum absolute atomic E-state index is 13.5. The SMILES string of the molecule is Cc1cc(-c2cc(C(=O)Nc3ccccc3S(=O)(=O)NC(C)(C)C)c3c(C)noc3n2)c(C)o1. The summed E-state index contributed by atoms with van der Waals surface area (Å²) in [6.07, 6.45) is 0. The van der Waals surface area contributed by atoms with E-state index >= 15 is 0 Å². The molecular formula is C24H26N4O5S.